The van der Waals surface area contributed by atoms with Crippen LogP contribution in [-0.4, -0.2) is 16.2 Å². The van der Waals surface area contributed by atoms with Gasteiger partial charge in [-0.3, -0.25) is 0 Å². The van der Waals surface area contributed by atoms with E-state index < -0.39 is 5.97 Å². The fourth-order valence-corrected chi connectivity index (χ4v) is 2.42. The molecule has 0 saturated carbocycles. The van der Waals surface area contributed by atoms with Crippen LogP contribution in [0.15, 0.2) is 12.1 Å². The number of phenolic OH excluding ortho intramolecular Hbond substituents is 1. The molecule has 3 heteroatoms. The van der Waals surface area contributed by atoms with Crippen molar-refractivity contribution in [2.75, 3.05) is 0 Å². The number of carboxylic acids is 1. The first kappa shape index (κ1) is 15.5. The van der Waals surface area contributed by atoms with E-state index >= 15 is 0 Å². The van der Waals surface area contributed by atoms with Crippen LogP contribution < -0.4 is 0 Å². The number of benzene rings is 1. The first-order valence-electron chi connectivity index (χ1n) is 6.87. The van der Waals surface area contributed by atoms with Crippen LogP contribution in [0.5, 0.6) is 5.75 Å². The highest BCUT2D eigenvalue weighted by molar-refractivity contribution is 5.90. The number of hydrogen-bond acceptors (Lipinski definition) is 2. The maximum Gasteiger partial charge on any atom is 0.335 e. The van der Waals surface area contributed by atoms with Crippen molar-refractivity contribution in [1.82, 2.24) is 0 Å². The van der Waals surface area contributed by atoms with E-state index in [4.69, 9.17) is 0 Å². The molecule has 0 atom stereocenters. The Balaban J connectivity index is 3.11. The predicted octanol–water partition coefficient (Wildman–Crippen LogP) is 4.26. The minimum atomic E-state index is -0.942. The van der Waals surface area contributed by atoms with Crippen molar-refractivity contribution in [3.8, 4) is 5.75 Å². The van der Waals surface area contributed by atoms with Crippen molar-refractivity contribution in [2.24, 2.45) is 0 Å². The third-order valence-corrected chi connectivity index (χ3v) is 3.71. The smallest absolute Gasteiger partial charge is 0.335 e. The molecule has 0 unspecified atom stereocenters. The molecule has 2 N–H and O–H groups in total. The maximum absolute atomic E-state index is 11.2. The summed E-state index contributed by atoms with van der Waals surface area (Å²) in [5.41, 5.74) is 1.39. The molecular formula is C16H24O3. The van der Waals surface area contributed by atoms with Gasteiger partial charge in [0, 0.05) is 5.56 Å². The molecule has 1 aromatic carbocycles. The van der Waals surface area contributed by atoms with Crippen molar-refractivity contribution in [1.29, 1.82) is 0 Å². The van der Waals surface area contributed by atoms with Crippen molar-refractivity contribution in [3.05, 3.63) is 28.8 Å². The van der Waals surface area contributed by atoms with E-state index in [1.807, 2.05) is 0 Å². The van der Waals surface area contributed by atoms with Crippen molar-refractivity contribution in [2.45, 2.75) is 58.8 Å². The molecule has 0 heterocycles. The summed E-state index contributed by atoms with van der Waals surface area (Å²) < 4.78 is 0. The fourth-order valence-electron chi connectivity index (χ4n) is 2.42. The molecule has 106 valence electrons. The minimum absolute atomic E-state index is 0.198. The molecule has 3 nitrogen and oxygen atoms in total. The van der Waals surface area contributed by atoms with Gasteiger partial charge in [-0.15, -0.1) is 0 Å². The van der Waals surface area contributed by atoms with Gasteiger partial charge in [-0.2, -0.15) is 0 Å². The lowest BCUT2D eigenvalue weighted by Crippen LogP contribution is -2.18. The first-order valence-corrected chi connectivity index (χ1v) is 6.87. The van der Waals surface area contributed by atoms with Crippen LogP contribution in [0, 0.1) is 6.92 Å². The molecular weight excluding hydrogens is 240 g/mol. The molecule has 0 fully saturated rings. The lowest BCUT2D eigenvalue weighted by atomic mass is 9.78. The van der Waals surface area contributed by atoms with E-state index in [1.54, 1.807) is 19.1 Å². The van der Waals surface area contributed by atoms with E-state index in [-0.39, 0.29) is 16.7 Å². The van der Waals surface area contributed by atoms with E-state index in [2.05, 4.69) is 20.8 Å². The third-order valence-electron chi connectivity index (χ3n) is 3.71. The summed E-state index contributed by atoms with van der Waals surface area (Å²) in [5.74, 6) is -0.743. The monoisotopic (exact) mass is 264 g/mol. The highest BCUT2D eigenvalue weighted by Gasteiger charge is 2.25. The average molecular weight is 264 g/mol. The second-order valence-corrected chi connectivity index (χ2v) is 5.83. The molecule has 1 rings (SSSR count). The summed E-state index contributed by atoms with van der Waals surface area (Å²) in [5, 5.41) is 19.3. The van der Waals surface area contributed by atoms with Crippen molar-refractivity contribution < 1.29 is 15.0 Å². The third kappa shape index (κ3) is 3.72. The second-order valence-electron chi connectivity index (χ2n) is 5.83. The number of rotatable bonds is 6. The Morgan fingerprint density at radius 3 is 2.42 bits per heavy atom. The fraction of sp³-hybridized carbons (Fsp3) is 0.562. The minimum Gasteiger partial charge on any atom is -0.508 e. The molecule has 0 saturated heterocycles. The van der Waals surface area contributed by atoms with Gasteiger partial charge in [0.15, 0.2) is 0 Å². The van der Waals surface area contributed by atoms with E-state index in [0.29, 0.717) is 5.56 Å². The molecule has 19 heavy (non-hydrogen) atoms. The number of hydrogen-bond donors (Lipinski definition) is 2. The molecule has 0 aliphatic heterocycles. The average Bonchev–Trinajstić information content (AvgIpc) is 2.28. The van der Waals surface area contributed by atoms with Crippen LogP contribution in [-0.2, 0) is 5.41 Å². The Kier molecular flexibility index (Phi) is 4.98. The van der Waals surface area contributed by atoms with Crippen LogP contribution in [0.4, 0.5) is 0 Å². The highest BCUT2D eigenvalue weighted by atomic mass is 16.4. The highest BCUT2D eigenvalue weighted by Crippen LogP contribution is 2.36. The number of aromatic carboxylic acids is 1. The van der Waals surface area contributed by atoms with E-state index in [9.17, 15) is 15.0 Å². The quantitative estimate of drug-likeness (QED) is 0.755. The van der Waals surface area contributed by atoms with Gasteiger partial charge in [0.05, 0.1) is 5.56 Å². The van der Waals surface area contributed by atoms with Gasteiger partial charge in [-0.05, 0) is 36.5 Å². The molecule has 0 aromatic heterocycles. The summed E-state index contributed by atoms with van der Waals surface area (Å²) in [4.78, 5) is 11.2. The molecule has 0 bridgehead atoms. The van der Waals surface area contributed by atoms with Gasteiger partial charge >= 0.3 is 5.97 Å². The normalized spacial score (nSPS) is 11.6. The Hall–Kier alpha value is -1.51. The number of carbonyl (C=O) groups is 1. The zero-order valence-corrected chi connectivity index (χ0v) is 12.3. The maximum atomic E-state index is 11.2. The number of phenols is 1. The summed E-state index contributed by atoms with van der Waals surface area (Å²) in [6.45, 7) is 7.97. The van der Waals surface area contributed by atoms with E-state index in [1.165, 1.54) is 0 Å². The molecule has 0 amide bonds. The Morgan fingerprint density at radius 1 is 1.26 bits per heavy atom. The Labute approximate surface area is 115 Å². The second kappa shape index (κ2) is 6.09. The van der Waals surface area contributed by atoms with Crippen LogP contribution in [0.25, 0.3) is 0 Å². The van der Waals surface area contributed by atoms with Crippen LogP contribution in [0.2, 0.25) is 0 Å². The number of unbranched alkanes of at least 4 members (excludes halogenated alkanes) is 2. The van der Waals surface area contributed by atoms with Gasteiger partial charge in [0.1, 0.15) is 5.75 Å². The number of aryl methyl sites for hydroxylation is 1. The van der Waals surface area contributed by atoms with E-state index in [0.717, 1.165) is 31.2 Å². The van der Waals surface area contributed by atoms with Crippen molar-refractivity contribution in [3.63, 3.8) is 0 Å². The lowest BCUT2D eigenvalue weighted by Gasteiger charge is -2.27. The predicted molar refractivity (Wildman–Crippen MR) is 77.0 cm³/mol. The molecule has 1 aromatic rings. The largest absolute Gasteiger partial charge is 0.508 e. The van der Waals surface area contributed by atoms with Gasteiger partial charge < -0.3 is 10.2 Å². The Morgan fingerprint density at radius 2 is 1.89 bits per heavy atom. The lowest BCUT2D eigenvalue weighted by molar-refractivity contribution is 0.0696. The van der Waals surface area contributed by atoms with Crippen molar-refractivity contribution >= 4 is 5.97 Å². The summed E-state index contributed by atoms with van der Waals surface area (Å²) in [6, 6.07) is 3.18. The van der Waals surface area contributed by atoms with Crippen LogP contribution in [0.1, 0.15) is 67.9 Å². The van der Waals surface area contributed by atoms with Gasteiger partial charge in [0.2, 0.25) is 0 Å². The molecule has 0 aliphatic rings. The molecule has 0 spiro atoms. The molecule has 0 radical (unpaired) electrons. The van der Waals surface area contributed by atoms with Crippen LogP contribution in [0.3, 0.4) is 0 Å². The number of carboxylic acid groups (broad SMARTS) is 1. The standard InChI is InChI=1S/C16H24O3/c1-5-6-7-8-16(3,4)13-10-12(15(18)19)11(2)9-14(13)17/h9-10,17H,5-8H2,1-4H3,(H,18,19). The zero-order chi connectivity index (χ0) is 14.6. The summed E-state index contributed by atoms with van der Waals surface area (Å²) >= 11 is 0. The molecule has 0 aliphatic carbocycles. The van der Waals surface area contributed by atoms with Gasteiger partial charge in [-0.1, -0.05) is 40.0 Å². The van der Waals surface area contributed by atoms with Crippen LogP contribution >= 0.6 is 0 Å². The summed E-state index contributed by atoms with van der Waals surface area (Å²) in [6.07, 6.45) is 4.33. The first-order chi connectivity index (χ1) is 8.79. The SMILES string of the molecule is CCCCCC(C)(C)c1cc(C(=O)O)c(C)cc1O. The topological polar surface area (TPSA) is 57.5 Å². The van der Waals surface area contributed by atoms with Gasteiger partial charge in [-0.25, -0.2) is 4.79 Å². The summed E-state index contributed by atoms with van der Waals surface area (Å²) in [7, 11) is 0. The van der Waals surface area contributed by atoms with Gasteiger partial charge in [0.25, 0.3) is 0 Å². The zero-order valence-electron chi connectivity index (χ0n) is 12.3. The number of aromatic hydroxyl groups is 1. The Bertz CT molecular complexity index is 461.